The zero-order valence-electron chi connectivity index (χ0n) is 15.6. The Bertz CT molecular complexity index is 865. The van der Waals surface area contributed by atoms with Crippen molar-refractivity contribution in [3.05, 3.63) is 63.6 Å². The van der Waals surface area contributed by atoms with Crippen molar-refractivity contribution in [3.8, 4) is 5.75 Å². The summed E-state index contributed by atoms with van der Waals surface area (Å²) in [4.78, 5) is 27.2. The minimum Gasteiger partial charge on any atom is -0.497 e. The summed E-state index contributed by atoms with van der Waals surface area (Å²) in [5.41, 5.74) is 1.65. The number of methoxy groups -OCH3 is 1. The molecule has 1 aliphatic rings. The number of hydrogen-bond acceptors (Lipinski definition) is 4. The number of nitrogens with zero attached hydrogens (tertiary/aromatic N) is 1. The lowest BCUT2D eigenvalue weighted by Gasteiger charge is -2.35. The lowest BCUT2D eigenvalue weighted by Crippen LogP contribution is -2.42. The first kappa shape index (κ1) is 19.4. The summed E-state index contributed by atoms with van der Waals surface area (Å²) in [6, 6.07) is 13.1. The average molecular weight is 432 g/mol. The van der Waals surface area contributed by atoms with Crippen LogP contribution >= 0.6 is 15.9 Å². The smallest absolute Gasteiger partial charge is 0.308 e. The number of carbonyl (C=O) groups excluding carboxylic acids is 2. The highest BCUT2D eigenvalue weighted by Gasteiger charge is 2.47. The molecule has 1 aliphatic heterocycles. The van der Waals surface area contributed by atoms with Gasteiger partial charge in [0.2, 0.25) is 0 Å². The maximum Gasteiger partial charge on any atom is 0.308 e. The molecule has 0 saturated heterocycles. The normalized spacial score (nSPS) is 18.4. The average Bonchev–Trinajstić information content (AvgIpc) is 2.84. The zero-order chi connectivity index (χ0) is 19.6. The van der Waals surface area contributed by atoms with Gasteiger partial charge in [-0.2, -0.15) is 0 Å². The topological polar surface area (TPSA) is 55.8 Å². The van der Waals surface area contributed by atoms with E-state index in [9.17, 15) is 9.59 Å². The van der Waals surface area contributed by atoms with Crippen molar-refractivity contribution in [1.29, 1.82) is 0 Å². The molecule has 0 aliphatic carbocycles. The van der Waals surface area contributed by atoms with Crippen molar-refractivity contribution in [1.82, 2.24) is 4.90 Å². The molecule has 0 aromatic heterocycles. The lowest BCUT2D eigenvalue weighted by atomic mass is 9.88. The first-order valence-corrected chi connectivity index (χ1v) is 9.59. The Hall–Kier alpha value is -2.34. The van der Waals surface area contributed by atoms with Crippen molar-refractivity contribution >= 4 is 27.8 Å². The third kappa shape index (κ3) is 3.72. The van der Waals surface area contributed by atoms with Crippen LogP contribution in [0.1, 0.15) is 41.8 Å². The van der Waals surface area contributed by atoms with Gasteiger partial charge in [0.05, 0.1) is 25.7 Å². The molecular weight excluding hydrogens is 410 g/mol. The second kappa shape index (κ2) is 7.72. The van der Waals surface area contributed by atoms with Crippen LogP contribution < -0.4 is 4.74 Å². The Balaban J connectivity index is 1.99. The summed E-state index contributed by atoms with van der Waals surface area (Å²) in [6.45, 7) is 4.40. The van der Waals surface area contributed by atoms with Gasteiger partial charge < -0.3 is 14.4 Å². The fourth-order valence-corrected chi connectivity index (χ4v) is 3.87. The van der Waals surface area contributed by atoms with Crippen LogP contribution in [-0.4, -0.2) is 30.5 Å². The largest absolute Gasteiger partial charge is 0.497 e. The van der Waals surface area contributed by atoms with Crippen LogP contribution in [0.3, 0.4) is 0 Å². The summed E-state index contributed by atoms with van der Waals surface area (Å²) < 4.78 is 11.2. The Morgan fingerprint density at radius 3 is 2.52 bits per heavy atom. The van der Waals surface area contributed by atoms with Gasteiger partial charge in [0.15, 0.2) is 0 Å². The zero-order valence-corrected chi connectivity index (χ0v) is 17.2. The Morgan fingerprint density at radius 2 is 1.89 bits per heavy atom. The molecule has 0 spiro atoms. The SMILES string of the molecule is CCOC(=O)CC1(C)c2cc(Br)ccc2C(=O)N1Cc1ccc(OC)cc1. The van der Waals surface area contributed by atoms with Crippen LogP contribution in [0, 0.1) is 0 Å². The minimum atomic E-state index is -0.775. The number of benzene rings is 2. The second-order valence-corrected chi connectivity index (χ2v) is 7.60. The third-order valence-electron chi connectivity index (χ3n) is 4.93. The number of fused-ring (bicyclic) bond motifs is 1. The molecule has 3 rings (SSSR count). The van der Waals surface area contributed by atoms with Gasteiger partial charge in [0, 0.05) is 16.6 Å². The van der Waals surface area contributed by atoms with Gasteiger partial charge >= 0.3 is 5.97 Å². The highest BCUT2D eigenvalue weighted by atomic mass is 79.9. The van der Waals surface area contributed by atoms with E-state index in [-0.39, 0.29) is 18.3 Å². The molecule has 2 aromatic rings. The van der Waals surface area contributed by atoms with Crippen molar-refractivity contribution in [2.24, 2.45) is 0 Å². The van der Waals surface area contributed by atoms with E-state index in [1.807, 2.05) is 43.3 Å². The first-order valence-electron chi connectivity index (χ1n) is 8.79. The summed E-state index contributed by atoms with van der Waals surface area (Å²) in [6.07, 6.45) is 0.103. The molecule has 27 heavy (non-hydrogen) atoms. The maximum absolute atomic E-state index is 13.1. The first-order chi connectivity index (χ1) is 12.9. The molecule has 0 N–H and O–H groups in total. The standard InChI is InChI=1S/C21H22BrNO4/c1-4-27-19(24)12-21(2)18-11-15(22)7-10-17(18)20(25)23(21)13-14-5-8-16(26-3)9-6-14/h5-11H,4,12-13H2,1-3H3. The van der Waals surface area contributed by atoms with E-state index < -0.39 is 5.54 Å². The molecule has 0 saturated carbocycles. The molecule has 1 amide bonds. The maximum atomic E-state index is 13.1. The fourth-order valence-electron chi connectivity index (χ4n) is 3.51. The van der Waals surface area contributed by atoms with Gasteiger partial charge in [0.25, 0.3) is 5.91 Å². The van der Waals surface area contributed by atoms with E-state index in [2.05, 4.69) is 15.9 Å². The van der Waals surface area contributed by atoms with E-state index in [0.29, 0.717) is 18.7 Å². The van der Waals surface area contributed by atoms with Crippen molar-refractivity contribution < 1.29 is 19.1 Å². The highest BCUT2D eigenvalue weighted by molar-refractivity contribution is 9.10. The summed E-state index contributed by atoms with van der Waals surface area (Å²) in [5.74, 6) is 0.355. The number of rotatable bonds is 6. The van der Waals surface area contributed by atoms with Crippen LogP contribution in [0.2, 0.25) is 0 Å². The number of ether oxygens (including phenoxy) is 2. The van der Waals surface area contributed by atoms with Crippen molar-refractivity contribution in [2.45, 2.75) is 32.4 Å². The number of hydrogen-bond donors (Lipinski definition) is 0. The van der Waals surface area contributed by atoms with Crippen LogP contribution in [0.4, 0.5) is 0 Å². The minimum absolute atomic E-state index is 0.0832. The summed E-state index contributed by atoms with van der Waals surface area (Å²) in [5, 5.41) is 0. The van der Waals surface area contributed by atoms with Gasteiger partial charge in [0.1, 0.15) is 5.75 Å². The summed E-state index contributed by atoms with van der Waals surface area (Å²) >= 11 is 3.48. The molecule has 142 valence electrons. The number of amides is 1. The molecule has 1 atom stereocenters. The van der Waals surface area contributed by atoms with Crippen molar-refractivity contribution in [3.63, 3.8) is 0 Å². The number of carbonyl (C=O) groups is 2. The fraction of sp³-hybridized carbons (Fsp3) is 0.333. The van der Waals surface area contributed by atoms with E-state index in [1.54, 1.807) is 25.0 Å². The Kier molecular flexibility index (Phi) is 5.56. The third-order valence-corrected chi connectivity index (χ3v) is 5.42. The molecule has 0 radical (unpaired) electrons. The van der Waals surface area contributed by atoms with Gasteiger partial charge in [-0.3, -0.25) is 9.59 Å². The predicted octanol–water partition coefficient (Wildman–Crippen LogP) is 4.28. The second-order valence-electron chi connectivity index (χ2n) is 6.68. The molecule has 0 fully saturated rings. The lowest BCUT2D eigenvalue weighted by molar-refractivity contribution is -0.146. The highest BCUT2D eigenvalue weighted by Crippen LogP contribution is 2.43. The molecule has 6 heteroatoms. The molecular formula is C21H22BrNO4. The molecule has 1 unspecified atom stereocenters. The number of esters is 1. The van der Waals surface area contributed by atoms with E-state index in [4.69, 9.17) is 9.47 Å². The summed E-state index contributed by atoms with van der Waals surface area (Å²) in [7, 11) is 1.61. The Morgan fingerprint density at radius 1 is 1.19 bits per heavy atom. The number of halogens is 1. The molecule has 0 bridgehead atoms. The van der Waals surface area contributed by atoms with E-state index in [0.717, 1.165) is 21.3 Å². The van der Waals surface area contributed by atoms with Gasteiger partial charge in [-0.25, -0.2) is 0 Å². The quantitative estimate of drug-likeness (QED) is 0.640. The van der Waals surface area contributed by atoms with Crippen LogP contribution in [0.25, 0.3) is 0 Å². The van der Waals surface area contributed by atoms with E-state index >= 15 is 0 Å². The van der Waals surface area contributed by atoms with Gasteiger partial charge in [-0.15, -0.1) is 0 Å². The van der Waals surface area contributed by atoms with Crippen LogP contribution in [0.5, 0.6) is 5.75 Å². The van der Waals surface area contributed by atoms with Crippen molar-refractivity contribution in [2.75, 3.05) is 13.7 Å². The van der Waals surface area contributed by atoms with Gasteiger partial charge in [-0.1, -0.05) is 28.1 Å². The molecule has 1 heterocycles. The van der Waals surface area contributed by atoms with E-state index in [1.165, 1.54) is 0 Å². The molecule has 2 aromatic carbocycles. The van der Waals surface area contributed by atoms with Gasteiger partial charge in [-0.05, 0) is 55.3 Å². The Labute approximate surface area is 167 Å². The van der Waals surface area contributed by atoms with Crippen LogP contribution in [0.15, 0.2) is 46.9 Å². The van der Waals surface area contributed by atoms with Crippen LogP contribution in [-0.2, 0) is 21.6 Å². The predicted molar refractivity (Wildman–Crippen MR) is 106 cm³/mol. The monoisotopic (exact) mass is 431 g/mol. The molecule has 5 nitrogen and oxygen atoms in total.